The maximum Gasteiger partial charge on any atom is 0.250 e. The summed E-state index contributed by atoms with van der Waals surface area (Å²) in [5.74, 6) is 5.43. The smallest absolute Gasteiger partial charge is 0.250 e. The molecule has 0 aliphatic carbocycles. The Labute approximate surface area is 106 Å². The van der Waals surface area contributed by atoms with Gasteiger partial charge in [-0.3, -0.25) is 4.72 Å². The molecule has 6 nitrogen and oxygen atoms in total. The van der Waals surface area contributed by atoms with Gasteiger partial charge in [0.2, 0.25) is 10.0 Å². The molecule has 1 aromatic heterocycles. The number of sulfonamides is 1. The average molecular weight is 264 g/mol. The van der Waals surface area contributed by atoms with Crippen molar-refractivity contribution in [3.05, 3.63) is 23.9 Å². The topological polar surface area (TPSA) is 109 Å². The molecule has 0 saturated carbocycles. The Balaban J connectivity index is 2.97. The number of pyridine rings is 1. The summed E-state index contributed by atoms with van der Waals surface area (Å²) in [6, 6.07) is 6.38. The number of hydrogen-bond donors (Lipinski definition) is 2. The molecule has 0 aromatic carbocycles. The van der Waals surface area contributed by atoms with E-state index in [1.54, 1.807) is 18.2 Å². The monoisotopic (exact) mass is 264 g/mol. The third-order valence-corrected chi connectivity index (χ3v) is 3.49. The van der Waals surface area contributed by atoms with Gasteiger partial charge in [0, 0.05) is 0 Å². The molecule has 0 aliphatic rings. The van der Waals surface area contributed by atoms with Gasteiger partial charge >= 0.3 is 0 Å². The van der Waals surface area contributed by atoms with Crippen LogP contribution in [0, 0.1) is 23.2 Å². The summed E-state index contributed by atoms with van der Waals surface area (Å²) in [7, 11) is -3.75. The molecule has 0 amide bonds. The average Bonchev–Trinajstić information content (AvgIpc) is 2.35. The lowest BCUT2D eigenvalue weighted by Gasteiger charge is -2.08. The SMILES string of the molecule is CC(C#N)S(=O)(=O)Nc1cccc(C#CCN)n1. The zero-order valence-corrected chi connectivity index (χ0v) is 10.5. The van der Waals surface area contributed by atoms with Crippen LogP contribution in [0.3, 0.4) is 0 Å². The normalized spacial score (nSPS) is 11.8. The molecule has 0 spiro atoms. The molecule has 0 fully saturated rings. The summed E-state index contributed by atoms with van der Waals surface area (Å²) < 4.78 is 25.5. The van der Waals surface area contributed by atoms with Crippen LogP contribution in [-0.2, 0) is 10.0 Å². The molecular formula is C11H12N4O2S. The van der Waals surface area contributed by atoms with E-state index in [2.05, 4.69) is 21.5 Å². The summed E-state index contributed by atoms with van der Waals surface area (Å²) in [5, 5.41) is 7.44. The number of nitrogens with one attached hydrogen (secondary N) is 1. The fraction of sp³-hybridized carbons (Fsp3) is 0.273. The fourth-order valence-electron chi connectivity index (χ4n) is 1.01. The van der Waals surface area contributed by atoms with Crippen LogP contribution in [0.2, 0.25) is 0 Å². The van der Waals surface area contributed by atoms with Crippen molar-refractivity contribution in [1.29, 1.82) is 5.26 Å². The van der Waals surface area contributed by atoms with Crippen LogP contribution in [0.1, 0.15) is 12.6 Å². The minimum absolute atomic E-state index is 0.126. The Morgan fingerprint density at radius 1 is 1.56 bits per heavy atom. The van der Waals surface area contributed by atoms with E-state index in [1.807, 2.05) is 0 Å². The summed E-state index contributed by atoms with van der Waals surface area (Å²) in [4.78, 5) is 3.98. The second-order valence-electron chi connectivity index (χ2n) is 3.33. The van der Waals surface area contributed by atoms with Crippen LogP contribution in [-0.4, -0.2) is 25.2 Å². The Hall–Kier alpha value is -2.09. The van der Waals surface area contributed by atoms with Crippen molar-refractivity contribution >= 4 is 15.8 Å². The number of nitrogens with zero attached hydrogens (tertiary/aromatic N) is 2. The van der Waals surface area contributed by atoms with E-state index in [9.17, 15) is 8.42 Å². The van der Waals surface area contributed by atoms with Gasteiger partial charge in [-0.1, -0.05) is 12.0 Å². The van der Waals surface area contributed by atoms with Gasteiger partial charge in [-0.05, 0) is 25.0 Å². The Morgan fingerprint density at radius 3 is 2.89 bits per heavy atom. The lowest BCUT2D eigenvalue weighted by Crippen LogP contribution is -2.24. The van der Waals surface area contributed by atoms with E-state index in [-0.39, 0.29) is 12.4 Å². The zero-order valence-electron chi connectivity index (χ0n) is 9.71. The van der Waals surface area contributed by atoms with Gasteiger partial charge in [-0.25, -0.2) is 13.4 Å². The largest absolute Gasteiger partial charge is 0.320 e. The molecule has 1 rings (SSSR count). The van der Waals surface area contributed by atoms with E-state index in [0.29, 0.717) is 5.69 Å². The van der Waals surface area contributed by atoms with Crippen molar-refractivity contribution in [3.8, 4) is 17.9 Å². The van der Waals surface area contributed by atoms with Crippen molar-refractivity contribution in [2.75, 3.05) is 11.3 Å². The highest BCUT2D eigenvalue weighted by Crippen LogP contribution is 2.09. The van der Waals surface area contributed by atoms with Gasteiger partial charge in [0.1, 0.15) is 11.5 Å². The maximum atomic E-state index is 11.6. The van der Waals surface area contributed by atoms with Crippen molar-refractivity contribution in [1.82, 2.24) is 4.98 Å². The minimum Gasteiger partial charge on any atom is -0.320 e. The van der Waals surface area contributed by atoms with Gasteiger partial charge in [0.05, 0.1) is 12.6 Å². The van der Waals surface area contributed by atoms with Gasteiger partial charge < -0.3 is 5.73 Å². The molecule has 0 saturated heterocycles. The zero-order chi connectivity index (χ0) is 13.6. The Bertz CT molecular complexity index is 622. The van der Waals surface area contributed by atoms with Gasteiger partial charge in [0.15, 0.2) is 5.25 Å². The molecule has 7 heteroatoms. The molecular weight excluding hydrogens is 252 g/mol. The first-order valence-corrected chi connectivity index (χ1v) is 6.61. The molecule has 0 bridgehead atoms. The highest BCUT2D eigenvalue weighted by molar-refractivity contribution is 7.93. The van der Waals surface area contributed by atoms with E-state index < -0.39 is 15.3 Å². The van der Waals surface area contributed by atoms with Crippen LogP contribution < -0.4 is 10.5 Å². The van der Waals surface area contributed by atoms with Crippen molar-refractivity contribution < 1.29 is 8.42 Å². The molecule has 3 N–H and O–H groups in total. The summed E-state index contributed by atoms with van der Waals surface area (Å²) in [5.41, 5.74) is 5.63. The van der Waals surface area contributed by atoms with Crippen LogP contribution >= 0.6 is 0 Å². The summed E-state index contributed by atoms with van der Waals surface area (Å²) in [6.45, 7) is 1.49. The third-order valence-electron chi connectivity index (χ3n) is 1.96. The number of anilines is 1. The molecule has 1 aromatic rings. The summed E-state index contributed by atoms with van der Waals surface area (Å²) in [6.07, 6.45) is 0. The van der Waals surface area contributed by atoms with Gasteiger partial charge in [-0.2, -0.15) is 5.26 Å². The first-order valence-electron chi connectivity index (χ1n) is 5.07. The molecule has 0 radical (unpaired) electrons. The standard InChI is InChI=1S/C11H12N4O2S/c1-9(8-13)18(16,17)15-11-6-2-4-10(14-11)5-3-7-12/h2,4,6,9H,7,12H2,1H3,(H,14,15). The van der Waals surface area contributed by atoms with Crippen LogP contribution in [0.5, 0.6) is 0 Å². The molecule has 0 aliphatic heterocycles. The quantitative estimate of drug-likeness (QED) is 0.749. The fourth-order valence-corrected chi connectivity index (χ4v) is 1.73. The van der Waals surface area contributed by atoms with Crippen molar-refractivity contribution in [2.24, 2.45) is 5.73 Å². The van der Waals surface area contributed by atoms with Gasteiger partial charge in [0.25, 0.3) is 0 Å². The maximum absolute atomic E-state index is 11.6. The van der Waals surface area contributed by atoms with Crippen LogP contribution in [0.25, 0.3) is 0 Å². The molecule has 1 heterocycles. The van der Waals surface area contributed by atoms with Crippen LogP contribution in [0.4, 0.5) is 5.82 Å². The third kappa shape index (κ3) is 3.74. The number of nitrogens with two attached hydrogens (primary N) is 1. The number of nitriles is 1. The van der Waals surface area contributed by atoms with Crippen LogP contribution in [0.15, 0.2) is 18.2 Å². The second kappa shape index (κ2) is 6.01. The number of rotatable bonds is 3. The predicted molar refractivity (Wildman–Crippen MR) is 67.8 cm³/mol. The Morgan fingerprint density at radius 2 is 2.28 bits per heavy atom. The van der Waals surface area contributed by atoms with E-state index in [0.717, 1.165) is 0 Å². The molecule has 94 valence electrons. The summed E-state index contributed by atoms with van der Waals surface area (Å²) >= 11 is 0. The molecule has 1 atom stereocenters. The highest BCUT2D eigenvalue weighted by Gasteiger charge is 2.20. The van der Waals surface area contributed by atoms with E-state index >= 15 is 0 Å². The first kappa shape index (κ1) is 14.0. The lowest BCUT2D eigenvalue weighted by atomic mass is 10.3. The lowest BCUT2D eigenvalue weighted by molar-refractivity contribution is 0.597. The highest BCUT2D eigenvalue weighted by atomic mass is 32.2. The Kier molecular flexibility index (Phi) is 4.67. The molecule has 18 heavy (non-hydrogen) atoms. The second-order valence-corrected chi connectivity index (χ2v) is 5.33. The predicted octanol–water partition coefficient (Wildman–Crippen LogP) is 0.0456. The molecule has 1 unspecified atom stereocenters. The van der Waals surface area contributed by atoms with Gasteiger partial charge in [-0.15, -0.1) is 0 Å². The van der Waals surface area contributed by atoms with Crippen molar-refractivity contribution in [3.63, 3.8) is 0 Å². The van der Waals surface area contributed by atoms with E-state index in [4.69, 9.17) is 11.0 Å². The van der Waals surface area contributed by atoms with Crippen molar-refractivity contribution in [2.45, 2.75) is 12.2 Å². The minimum atomic E-state index is -3.75. The number of hydrogen-bond acceptors (Lipinski definition) is 5. The van der Waals surface area contributed by atoms with E-state index in [1.165, 1.54) is 13.0 Å². The number of aromatic nitrogens is 1. The first-order chi connectivity index (χ1) is 8.49.